The molecule has 0 spiro atoms. The molecular formula is C18H25ClF2N2OS. The molecule has 1 amide bonds. The van der Waals surface area contributed by atoms with Crippen molar-refractivity contribution in [1.82, 2.24) is 10.6 Å². The van der Waals surface area contributed by atoms with Gasteiger partial charge in [-0.1, -0.05) is 0 Å². The molecule has 0 saturated heterocycles. The minimum absolute atomic E-state index is 0. The number of amides is 1. The lowest BCUT2D eigenvalue weighted by molar-refractivity contribution is -0.0399. The lowest BCUT2D eigenvalue weighted by atomic mass is 9.92. The van der Waals surface area contributed by atoms with Crippen LogP contribution in [0.5, 0.6) is 0 Å². The van der Waals surface area contributed by atoms with Gasteiger partial charge in [0.25, 0.3) is 5.91 Å². The van der Waals surface area contributed by atoms with Gasteiger partial charge < -0.3 is 10.6 Å². The fourth-order valence-corrected chi connectivity index (χ4v) is 4.58. The molecule has 0 radical (unpaired) electrons. The highest BCUT2D eigenvalue weighted by atomic mass is 35.5. The molecule has 1 aromatic rings. The lowest BCUT2D eigenvalue weighted by Gasteiger charge is -2.28. The molecule has 1 aromatic heterocycles. The summed E-state index contributed by atoms with van der Waals surface area (Å²) >= 11 is 1.55. The maximum Gasteiger partial charge on any atom is 0.261 e. The Kier molecular flexibility index (Phi) is 5.71. The molecule has 3 saturated carbocycles. The number of nitrogens with one attached hydrogen (secondary N) is 2. The quantitative estimate of drug-likeness (QED) is 0.758. The first-order valence-corrected chi connectivity index (χ1v) is 9.84. The summed E-state index contributed by atoms with van der Waals surface area (Å²) in [6, 6.07) is 4.39. The van der Waals surface area contributed by atoms with E-state index in [9.17, 15) is 13.6 Å². The Labute approximate surface area is 157 Å². The Morgan fingerprint density at radius 3 is 2.60 bits per heavy atom. The van der Waals surface area contributed by atoms with E-state index in [0.717, 1.165) is 18.9 Å². The molecule has 0 unspecified atom stereocenters. The Hall–Kier alpha value is -0.720. The molecule has 0 aliphatic heterocycles. The highest BCUT2D eigenvalue weighted by Gasteiger charge is 2.40. The van der Waals surface area contributed by atoms with Gasteiger partial charge in [0, 0.05) is 35.7 Å². The second kappa shape index (κ2) is 7.49. The van der Waals surface area contributed by atoms with Crippen LogP contribution in [0.15, 0.2) is 12.1 Å². The Balaban J connectivity index is 0.00000182. The van der Waals surface area contributed by atoms with E-state index >= 15 is 0 Å². The van der Waals surface area contributed by atoms with Gasteiger partial charge in [-0.15, -0.1) is 23.7 Å². The Morgan fingerprint density at radius 2 is 1.92 bits per heavy atom. The summed E-state index contributed by atoms with van der Waals surface area (Å²) in [5, 5.41) is 6.54. The molecule has 3 aliphatic rings. The average molecular weight is 391 g/mol. The van der Waals surface area contributed by atoms with E-state index < -0.39 is 5.92 Å². The van der Waals surface area contributed by atoms with Gasteiger partial charge in [0.1, 0.15) is 0 Å². The van der Waals surface area contributed by atoms with Crippen molar-refractivity contribution >= 4 is 29.7 Å². The van der Waals surface area contributed by atoms with E-state index in [1.165, 1.54) is 17.7 Å². The van der Waals surface area contributed by atoms with Crippen LogP contribution in [0.2, 0.25) is 0 Å². The monoisotopic (exact) mass is 390 g/mol. The predicted octanol–water partition coefficient (Wildman–Crippen LogP) is 4.33. The number of alkyl halides is 2. The number of halogens is 3. The van der Waals surface area contributed by atoms with Crippen LogP contribution in [0.3, 0.4) is 0 Å². The summed E-state index contributed by atoms with van der Waals surface area (Å²) in [6.07, 6.45) is 4.38. The minimum atomic E-state index is -2.55. The number of rotatable bonds is 6. The molecule has 2 atom stereocenters. The van der Waals surface area contributed by atoms with Crippen molar-refractivity contribution in [1.29, 1.82) is 0 Å². The number of thiophene rings is 1. The topological polar surface area (TPSA) is 41.1 Å². The van der Waals surface area contributed by atoms with Crippen LogP contribution in [0.4, 0.5) is 8.78 Å². The summed E-state index contributed by atoms with van der Waals surface area (Å²) < 4.78 is 26.3. The zero-order valence-electron chi connectivity index (χ0n) is 14.1. The number of carbonyl (C=O) groups is 1. The van der Waals surface area contributed by atoms with Crippen LogP contribution in [-0.2, 0) is 0 Å². The molecule has 4 rings (SSSR count). The maximum absolute atomic E-state index is 13.2. The largest absolute Gasteiger partial charge is 0.349 e. The Bertz CT molecular complexity index is 610. The first kappa shape index (κ1) is 19.1. The van der Waals surface area contributed by atoms with E-state index in [0.29, 0.717) is 29.7 Å². The van der Waals surface area contributed by atoms with Crippen molar-refractivity contribution in [3.63, 3.8) is 0 Å². The number of carbonyl (C=O) groups excluding carboxylic acids is 1. The van der Waals surface area contributed by atoms with E-state index in [-0.39, 0.29) is 37.2 Å². The van der Waals surface area contributed by atoms with Gasteiger partial charge in [-0.25, -0.2) is 8.78 Å². The highest BCUT2D eigenvalue weighted by molar-refractivity contribution is 7.14. The van der Waals surface area contributed by atoms with Crippen LogP contribution in [0, 0.1) is 5.92 Å². The van der Waals surface area contributed by atoms with Crippen molar-refractivity contribution in [2.45, 2.75) is 68.9 Å². The van der Waals surface area contributed by atoms with Crippen molar-refractivity contribution in [3.8, 4) is 0 Å². The summed E-state index contributed by atoms with van der Waals surface area (Å²) in [5.41, 5.74) is 0. The van der Waals surface area contributed by atoms with E-state index in [1.54, 1.807) is 11.3 Å². The molecule has 7 heteroatoms. The van der Waals surface area contributed by atoms with E-state index in [4.69, 9.17) is 0 Å². The van der Waals surface area contributed by atoms with Crippen molar-refractivity contribution in [2.24, 2.45) is 5.92 Å². The van der Waals surface area contributed by atoms with Gasteiger partial charge in [0.15, 0.2) is 0 Å². The van der Waals surface area contributed by atoms with Crippen LogP contribution in [0.1, 0.15) is 65.4 Å². The fraction of sp³-hybridized carbons (Fsp3) is 0.722. The molecular weight excluding hydrogens is 366 g/mol. The highest BCUT2D eigenvalue weighted by Crippen LogP contribution is 2.44. The first-order valence-electron chi connectivity index (χ1n) is 9.02. The van der Waals surface area contributed by atoms with Crippen molar-refractivity contribution in [2.75, 3.05) is 6.54 Å². The fourth-order valence-electron chi connectivity index (χ4n) is 3.49. The minimum Gasteiger partial charge on any atom is -0.349 e. The second-order valence-corrected chi connectivity index (χ2v) is 8.72. The summed E-state index contributed by atoms with van der Waals surface area (Å²) in [7, 11) is 0. The van der Waals surface area contributed by atoms with Gasteiger partial charge in [0.05, 0.1) is 4.88 Å². The summed E-state index contributed by atoms with van der Waals surface area (Å²) in [6.45, 7) is 1.13. The van der Waals surface area contributed by atoms with Gasteiger partial charge in [0.2, 0.25) is 5.92 Å². The van der Waals surface area contributed by atoms with E-state index in [1.807, 2.05) is 6.07 Å². The molecule has 1 heterocycles. The zero-order chi connectivity index (χ0) is 16.7. The van der Waals surface area contributed by atoms with Gasteiger partial charge in [-0.3, -0.25) is 4.79 Å². The van der Waals surface area contributed by atoms with Gasteiger partial charge >= 0.3 is 0 Å². The lowest BCUT2D eigenvalue weighted by Crippen LogP contribution is -2.40. The number of hydrogen-bond acceptors (Lipinski definition) is 3. The van der Waals surface area contributed by atoms with Gasteiger partial charge in [-0.05, 0) is 56.7 Å². The molecule has 25 heavy (non-hydrogen) atoms. The molecule has 2 N–H and O–H groups in total. The van der Waals surface area contributed by atoms with Crippen molar-refractivity contribution in [3.05, 3.63) is 21.9 Å². The molecule has 3 fully saturated rings. The predicted molar refractivity (Wildman–Crippen MR) is 98.1 cm³/mol. The smallest absolute Gasteiger partial charge is 0.261 e. The molecule has 0 aromatic carbocycles. The first-order chi connectivity index (χ1) is 11.5. The normalized spacial score (nSPS) is 28.2. The third kappa shape index (κ3) is 4.92. The van der Waals surface area contributed by atoms with Crippen molar-refractivity contribution < 1.29 is 13.6 Å². The summed E-state index contributed by atoms with van der Waals surface area (Å²) in [4.78, 5) is 14.3. The molecule has 140 valence electrons. The third-order valence-electron chi connectivity index (χ3n) is 5.42. The molecule has 3 aliphatic carbocycles. The summed E-state index contributed by atoms with van der Waals surface area (Å²) in [5.74, 6) is -1.22. The van der Waals surface area contributed by atoms with Gasteiger partial charge in [-0.2, -0.15) is 0 Å². The van der Waals surface area contributed by atoms with Crippen LogP contribution < -0.4 is 10.6 Å². The second-order valence-electron chi connectivity index (χ2n) is 7.61. The average Bonchev–Trinajstić information content (AvgIpc) is 3.46. The van der Waals surface area contributed by atoms with Crippen LogP contribution in [0.25, 0.3) is 0 Å². The standard InChI is InChI=1S/C18H24F2N2OS.ClH/c19-18(20)7-5-12(6-8-18)22-17(23)16-4-3-15(24-16)13-9-14(13)21-10-11-1-2-11;/h3-4,11-14,21H,1-2,5-10H2,(H,22,23);1H/t13-,14-;/m1./s1. The van der Waals surface area contributed by atoms with Crippen LogP contribution in [-0.4, -0.2) is 30.5 Å². The Morgan fingerprint density at radius 1 is 1.20 bits per heavy atom. The third-order valence-corrected chi connectivity index (χ3v) is 6.64. The molecule has 3 nitrogen and oxygen atoms in total. The maximum atomic E-state index is 13.2. The SMILES string of the molecule is Cl.O=C(NC1CCC(F)(F)CC1)c1ccc([C@@H]2C[C@H]2NCC2CC2)s1. The van der Waals surface area contributed by atoms with E-state index in [2.05, 4.69) is 16.7 Å². The number of hydrogen-bond donors (Lipinski definition) is 2. The molecule has 0 bridgehead atoms. The van der Waals surface area contributed by atoms with Crippen LogP contribution >= 0.6 is 23.7 Å². The zero-order valence-corrected chi connectivity index (χ0v) is 15.7.